The van der Waals surface area contributed by atoms with Crippen molar-refractivity contribution in [2.75, 3.05) is 0 Å². The summed E-state index contributed by atoms with van der Waals surface area (Å²) in [5.41, 5.74) is 27.5. The van der Waals surface area contributed by atoms with Gasteiger partial charge in [-0.05, 0) is 261 Å². The van der Waals surface area contributed by atoms with Crippen molar-refractivity contribution >= 4 is 39.8 Å². The number of aryl methyl sites for hydroxylation is 16. The molecule has 4 aromatic heterocycles. The second-order valence-corrected chi connectivity index (χ2v) is 59.0. The van der Waals surface area contributed by atoms with Crippen LogP contribution in [0.1, 0.15) is 220 Å². The van der Waals surface area contributed by atoms with E-state index in [-0.39, 0.29) is 11.1 Å². The van der Waals surface area contributed by atoms with Crippen molar-refractivity contribution in [3.05, 3.63) is 289 Å². The molecule has 0 N–H and O–H groups in total. The number of pyridine rings is 4. The van der Waals surface area contributed by atoms with Gasteiger partial charge < -0.3 is 0 Å². The summed E-state index contributed by atoms with van der Waals surface area (Å²) < 4.78 is 146. The highest BCUT2D eigenvalue weighted by molar-refractivity contribution is 6.90. The number of hydrogen-bond acceptors (Lipinski definition) is 0. The molecule has 0 bridgehead atoms. The fraction of sp³-hybridized carbons (Fsp3) is 0.424. The SMILES string of the molecule is [2H]C([2H])([2H])c1c[n+](C)c(-c2cc(-c3ccc(C)cc3)c([Si](C)(C)C)cc2C)cc1C([2H])([2H])C(C)(C)C.[2H]C([2H])([2H])c1cc(C)c(-c2cc(C)c(C([2H])([2H])C(C)(C)C)c[n+]2C)cc1-c1ccc(C)cc1.[2H]C([2H])(c1c[n+](C)c(-c2cc(-c3ccc(C)cc3)c([Si](C)(C)C)cc2C)cc1C)C(C)(C)C.[2H]C([2H])(c1cc(-c2cc(-c3ccc(C)cc3)c([Si](C)(C)C)cc2C)[n+](C)cc1C([2H])([2H])C(C)(C)C)C(C)(C)C. The number of benzene rings is 8. The second-order valence-electron chi connectivity index (χ2n) is 43.9. The molecule has 0 aliphatic rings. The van der Waals surface area contributed by atoms with Crippen molar-refractivity contribution in [1.82, 2.24) is 0 Å². The molecule has 8 aromatic carbocycles. The second kappa shape index (κ2) is 38.9. The molecular formula is C118H162N4Si3+4. The van der Waals surface area contributed by atoms with Crippen LogP contribution in [0.5, 0.6) is 0 Å². The van der Waals surface area contributed by atoms with E-state index in [0.717, 1.165) is 89.5 Å². The van der Waals surface area contributed by atoms with Crippen molar-refractivity contribution in [3.8, 4) is 89.5 Å². The van der Waals surface area contributed by atoms with Crippen LogP contribution in [0.15, 0.2) is 195 Å². The molecule has 0 aliphatic heterocycles. The van der Waals surface area contributed by atoms with E-state index in [0.29, 0.717) is 27.8 Å². The Bertz CT molecular complexity index is 6420. The van der Waals surface area contributed by atoms with Gasteiger partial charge in [0.15, 0.2) is 24.8 Å². The molecule has 662 valence electrons. The minimum atomic E-state index is -2.42. The normalized spacial score (nSPS) is 15.0. The van der Waals surface area contributed by atoms with Gasteiger partial charge in [-0.15, -0.1) is 0 Å². The van der Waals surface area contributed by atoms with Gasteiger partial charge in [-0.1, -0.05) is 322 Å². The molecule has 0 saturated heterocycles. The van der Waals surface area contributed by atoms with Gasteiger partial charge in [0.2, 0.25) is 22.8 Å². The van der Waals surface area contributed by atoms with Crippen LogP contribution in [0, 0.1) is 110 Å². The van der Waals surface area contributed by atoms with Gasteiger partial charge in [0.1, 0.15) is 28.2 Å². The third-order valence-corrected chi connectivity index (χ3v) is 28.6. The molecule has 0 unspecified atom stereocenters. The van der Waals surface area contributed by atoms with Crippen molar-refractivity contribution in [2.24, 2.45) is 55.3 Å². The summed E-state index contributed by atoms with van der Waals surface area (Å²) in [5, 5.41) is 4.26. The van der Waals surface area contributed by atoms with E-state index in [2.05, 4.69) is 220 Å². The van der Waals surface area contributed by atoms with Crippen LogP contribution >= 0.6 is 0 Å². The van der Waals surface area contributed by atoms with Crippen LogP contribution in [-0.2, 0) is 60.1 Å². The minimum Gasteiger partial charge on any atom is -0.201 e. The monoisotopic (exact) mass is 1740 g/mol. The molecule has 125 heavy (non-hydrogen) atoms. The fourth-order valence-corrected chi connectivity index (χ4v) is 21.2. The molecule has 0 aliphatic carbocycles. The van der Waals surface area contributed by atoms with Crippen LogP contribution in [0.4, 0.5) is 0 Å². The molecule has 0 fully saturated rings. The molecule has 12 aromatic rings. The zero-order valence-corrected chi connectivity index (χ0v) is 86.8. The smallest absolute Gasteiger partial charge is 0.201 e. The Balaban J connectivity index is 0.000000210. The van der Waals surface area contributed by atoms with Crippen LogP contribution in [0.25, 0.3) is 89.5 Å². The summed E-state index contributed by atoms with van der Waals surface area (Å²) in [6, 6.07) is 59.5. The Morgan fingerprint density at radius 3 is 0.752 bits per heavy atom. The first kappa shape index (κ1) is 78.3. The van der Waals surface area contributed by atoms with Gasteiger partial charge in [0.25, 0.3) is 0 Å². The number of hydrogen-bond donors (Lipinski definition) is 0. The molecule has 12 rings (SSSR count). The number of rotatable bonds is 16. The van der Waals surface area contributed by atoms with E-state index in [9.17, 15) is 2.74 Å². The molecule has 4 nitrogen and oxygen atoms in total. The molecule has 0 radical (unpaired) electrons. The largest absolute Gasteiger partial charge is 0.212 e. The molecule has 7 heteroatoms. The maximum Gasteiger partial charge on any atom is 0.212 e. The average Bonchev–Trinajstić information content (AvgIpc) is 0.731. The number of aromatic nitrogens is 4. The van der Waals surface area contributed by atoms with Crippen molar-refractivity contribution in [1.29, 1.82) is 0 Å². The minimum absolute atomic E-state index is 0.0591. The van der Waals surface area contributed by atoms with Gasteiger partial charge in [-0.25, -0.2) is 18.3 Å². The van der Waals surface area contributed by atoms with Gasteiger partial charge in [0.05, 0.1) is 24.2 Å². The maximum atomic E-state index is 9.24. The Morgan fingerprint density at radius 2 is 0.464 bits per heavy atom. The molecular weight excluding hydrogens is 1560 g/mol. The first-order valence-electron chi connectivity index (χ1n) is 52.8. The number of nitrogens with zero attached hydrogens (tertiary/aromatic N) is 4. The molecule has 0 atom stereocenters. The fourth-order valence-electron chi connectivity index (χ4n) is 16.1. The molecule has 0 spiro atoms. The van der Waals surface area contributed by atoms with E-state index in [4.69, 9.17) is 19.2 Å². The van der Waals surface area contributed by atoms with Gasteiger partial charge in [0, 0.05) is 90.7 Å². The zero-order valence-electron chi connectivity index (χ0n) is 99.8. The average molecular weight is 1740 g/mol. The molecule has 0 saturated carbocycles. The Hall–Kier alpha value is -8.99. The van der Waals surface area contributed by atoms with Gasteiger partial charge in [-0.3, -0.25) is 0 Å². The standard InChI is InChI=1S/C33H48NSi.2C29H40NSi.C27H34N/c1-23-13-15-25(16-14-23)29-19-28(24(2)17-31(29)35(10,11)12)30-18-26(20-32(3,4)5)27(22-34(30)9)21-33(6,7)8;1-20-11-13-23(14-12-20)26-17-25(21(2)15-28(26)31(8,9)10)27-16-24(18-29(4,5)6)22(3)19-30(27)7;1-20-11-13-23(14-12-20)26-17-25(22(3)16-28(26)31(8,9)10)27-15-21(2)24(19-30(27)7)18-29(4,5)6;1-18-9-11-22(12-10-18)24-15-25(21(4)13-20(24)3)26-14-19(2)23(17-28(26)8)16-27(5,6)7/h13-19,22H,20-21H2,1-12H3;2*11-17,19H,18H2,1-10H3;9-15,17H,16H2,1-8H3/q4*+1/i20D2,21D2;3D3,18D2;18D2;3D3,16D2. The lowest BCUT2D eigenvalue weighted by molar-refractivity contribution is -0.661. The molecule has 0 amide bonds. The topological polar surface area (TPSA) is 15.5 Å². The summed E-state index contributed by atoms with van der Waals surface area (Å²) >= 11 is 0. The maximum absolute atomic E-state index is 9.24. The van der Waals surface area contributed by atoms with E-state index in [1.165, 1.54) is 71.2 Å². The first-order valence-corrected chi connectivity index (χ1v) is 55.3. The van der Waals surface area contributed by atoms with Crippen LogP contribution in [0.2, 0.25) is 58.9 Å². The van der Waals surface area contributed by atoms with E-state index in [1.807, 2.05) is 234 Å². The third kappa shape index (κ3) is 26.8. The van der Waals surface area contributed by atoms with E-state index < -0.39 is 96.9 Å². The summed E-state index contributed by atoms with van der Waals surface area (Å²) in [7, 11) is 2.82. The summed E-state index contributed by atoms with van der Waals surface area (Å²) in [6.07, 6.45) is -0.957. The Morgan fingerprint density at radius 1 is 0.232 bits per heavy atom. The Labute approximate surface area is 787 Å². The lowest BCUT2D eigenvalue weighted by Gasteiger charge is -2.25. The van der Waals surface area contributed by atoms with Gasteiger partial charge >= 0.3 is 0 Å². The lowest BCUT2D eigenvalue weighted by atomic mass is 9.81. The van der Waals surface area contributed by atoms with E-state index >= 15 is 0 Å². The quantitative estimate of drug-likeness (QED) is 0.0677. The first-order chi connectivity index (χ1) is 63.8. The lowest BCUT2D eigenvalue weighted by Crippen LogP contribution is -2.39. The van der Waals surface area contributed by atoms with Gasteiger partial charge in [-0.2, -0.15) is 0 Å². The van der Waals surface area contributed by atoms with E-state index in [1.54, 1.807) is 18.3 Å². The predicted octanol–water partition coefficient (Wildman–Crippen LogP) is 28.7. The molecule has 4 heterocycles. The van der Waals surface area contributed by atoms with Crippen LogP contribution in [-0.4, -0.2) is 24.2 Å². The Kier molecular flexibility index (Phi) is 24.4. The summed E-state index contributed by atoms with van der Waals surface area (Å²) in [5.74, 6) is 0. The van der Waals surface area contributed by atoms with Crippen LogP contribution in [0.3, 0.4) is 0 Å². The zero-order chi connectivity index (χ0) is 107. The van der Waals surface area contributed by atoms with Crippen molar-refractivity contribution in [2.45, 2.75) is 278 Å². The summed E-state index contributed by atoms with van der Waals surface area (Å²) in [4.78, 5) is 0. The van der Waals surface area contributed by atoms with Crippen LogP contribution < -0.4 is 33.8 Å². The van der Waals surface area contributed by atoms with Crippen molar-refractivity contribution in [3.63, 3.8) is 0 Å². The predicted molar refractivity (Wildman–Crippen MR) is 556 cm³/mol. The third-order valence-electron chi connectivity index (χ3n) is 22.5. The van der Waals surface area contributed by atoms with Crippen molar-refractivity contribution < 1.29 is 40.2 Å². The highest BCUT2D eigenvalue weighted by Gasteiger charge is 2.32. The highest BCUT2D eigenvalue weighted by Crippen LogP contribution is 2.39. The summed E-state index contributed by atoms with van der Waals surface area (Å²) in [6.45, 7) is 65.8. The highest BCUT2D eigenvalue weighted by atomic mass is 28.3.